The topological polar surface area (TPSA) is 150 Å². The van der Waals surface area contributed by atoms with Crippen LogP contribution in [-0.4, -0.2) is 24.3 Å². The Balaban J connectivity index is 2.16. The summed E-state index contributed by atoms with van der Waals surface area (Å²) in [5.74, 6) is -0.545. The summed E-state index contributed by atoms with van der Waals surface area (Å²) in [6.07, 6.45) is 1.23. The molecule has 0 bridgehead atoms. The normalized spacial score (nSPS) is 11.1. The van der Waals surface area contributed by atoms with E-state index in [0.29, 0.717) is 5.69 Å². The van der Waals surface area contributed by atoms with Gasteiger partial charge in [0.05, 0.1) is 5.69 Å². The number of nitrogens with two attached hydrogens (primary N) is 1. The van der Waals surface area contributed by atoms with Crippen LogP contribution in [0.1, 0.15) is 10.5 Å². The van der Waals surface area contributed by atoms with Crippen molar-refractivity contribution in [2.24, 2.45) is 5.14 Å². The molecule has 0 saturated carbocycles. The van der Waals surface area contributed by atoms with Gasteiger partial charge in [-0.3, -0.25) is 9.52 Å². The maximum absolute atomic E-state index is 11.8. The van der Waals surface area contributed by atoms with Crippen molar-refractivity contribution >= 4 is 27.5 Å². The Morgan fingerprint density at radius 3 is 2.55 bits per heavy atom. The lowest BCUT2D eigenvalue weighted by Gasteiger charge is -2.07. The summed E-state index contributed by atoms with van der Waals surface area (Å²) in [6.45, 7) is 0. The maximum Gasteiger partial charge on any atom is 0.323 e. The number of hydrogen-bond donors (Lipinski definition) is 5. The number of amides is 1. The number of carbonyl (C=O) groups is 1. The Bertz CT molecular complexity index is 792. The van der Waals surface area contributed by atoms with Crippen molar-refractivity contribution in [3.63, 3.8) is 0 Å². The molecule has 0 radical (unpaired) electrons. The van der Waals surface area contributed by atoms with Gasteiger partial charge in [-0.25, -0.2) is 9.93 Å². The number of aromatic amines is 2. The van der Waals surface area contributed by atoms with Crippen molar-refractivity contribution < 1.29 is 13.2 Å². The number of nitrogens with one attached hydrogen (secondary N) is 4. The van der Waals surface area contributed by atoms with E-state index < -0.39 is 21.8 Å². The molecule has 1 aromatic heterocycles. The van der Waals surface area contributed by atoms with Gasteiger partial charge in [0.25, 0.3) is 16.1 Å². The van der Waals surface area contributed by atoms with Crippen LogP contribution >= 0.6 is 0 Å². The Kier molecular flexibility index (Phi) is 3.59. The first-order valence-corrected chi connectivity index (χ1v) is 6.88. The molecule has 0 aliphatic carbocycles. The summed E-state index contributed by atoms with van der Waals surface area (Å²) in [4.78, 5) is 27.2. The second-order valence-corrected chi connectivity index (χ2v) is 5.13. The first-order chi connectivity index (χ1) is 9.33. The fourth-order valence-electron chi connectivity index (χ4n) is 1.48. The van der Waals surface area contributed by atoms with E-state index in [1.807, 2.05) is 0 Å². The number of imidazole rings is 1. The van der Waals surface area contributed by atoms with Gasteiger partial charge in [-0.05, 0) is 18.2 Å². The molecule has 10 heteroatoms. The van der Waals surface area contributed by atoms with Crippen molar-refractivity contribution in [3.8, 4) is 0 Å². The van der Waals surface area contributed by atoms with Gasteiger partial charge in [-0.1, -0.05) is 6.07 Å². The highest BCUT2D eigenvalue weighted by molar-refractivity contribution is 7.90. The standard InChI is InChI=1S/C10H11N5O4S/c11-20(18,19)15-7-3-1-2-6(4-7)13-9(16)8-5-12-10(17)14-8/h1-5,15H,(H,13,16)(H2,11,18,19)(H2,12,14,17). The number of hydrogen-bond acceptors (Lipinski definition) is 4. The molecule has 1 aromatic carbocycles. The minimum absolute atomic E-state index is 0.0554. The lowest BCUT2D eigenvalue weighted by Crippen LogP contribution is -2.21. The molecular formula is C10H11N5O4S. The lowest BCUT2D eigenvalue weighted by molar-refractivity contribution is 0.102. The molecule has 0 fully saturated rings. The van der Waals surface area contributed by atoms with Crippen LogP contribution in [0.3, 0.4) is 0 Å². The summed E-state index contributed by atoms with van der Waals surface area (Å²) in [5, 5.41) is 7.34. The molecule has 1 amide bonds. The summed E-state index contributed by atoms with van der Waals surface area (Å²) in [5.41, 5.74) is 0.0955. The number of anilines is 2. The van der Waals surface area contributed by atoms with Crippen LogP contribution in [0, 0.1) is 0 Å². The highest BCUT2D eigenvalue weighted by atomic mass is 32.2. The Morgan fingerprint density at radius 2 is 1.95 bits per heavy atom. The second kappa shape index (κ2) is 5.19. The average molecular weight is 297 g/mol. The van der Waals surface area contributed by atoms with Crippen molar-refractivity contribution in [3.05, 3.63) is 46.6 Å². The van der Waals surface area contributed by atoms with E-state index in [1.165, 1.54) is 24.4 Å². The Hall–Kier alpha value is -2.59. The van der Waals surface area contributed by atoms with Crippen LogP contribution in [0.2, 0.25) is 0 Å². The number of H-pyrrole nitrogens is 2. The molecule has 0 aliphatic rings. The largest absolute Gasteiger partial charge is 0.323 e. The van der Waals surface area contributed by atoms with Crippen molar-refractivity contribution in [2.45, 2.75) is 0 Å². The Labute approximate surface area is 113 Å². The number of aromatic nitrogens is 2. The SMILES string of the molecule is NS(=O)(=O)Nc1cccc(NC(=O)c2c[nH]c(=O)[nH]2)c1. The zero-order valence-corrected chi connectivity index (χ0v) is 10.8. The van der Waals surface area contributed by atoms with Gasteiger partial charge in [0.15, 0.2) is 0 Å². The molecule has 0 spiro atoms. The van der Waals surface area contributed by atoms with Crippen LogP contribution in [0.15, 0.2) is 35.3 Å². The van der Waals surface area contributed by atoms with Crippen LogP contribution in [-0.2, 0) is 10.2 Å². The van der Waals surface area contributed by atoms with Gasteiger partial charge >= 0.3 is 5.69 Å². The van der Waals surface area contributed by atoms with Gasteiger partial charge in [0.2, 0.25) is 0 Å². The summed E-state index contributed by atoms with van der Waals surface area (Å²) >= 11 is 0. The molecule has 0 aliphatic heterocycles. The van der Waals surface area contributed by atoms with Crippen molar-refractivity contribution in [1.29, 1.82) is 0 Å². The molecule has 20 heavy (non-hydrogen) atoms. The lowest BCUT2D eigenvalue weighted by atomic mass is 10.3. The van der Waals surface area contributed by atoms with Crippen molar-refractivity contribution in [2.75, 3.05) is 10.0 Å². The molecule has 0 unspecified atom stereocenters. The molecular weight excluding hydrogens is 286 g/mol. The minimum atomic E-state index is -3.89. The molecule has 0 saturated heterocycles. The van der Waals surface area contributed by atoms with Gasteiger partial charge in [0, 0.05) is 11.9 Å². The quantitative estimate of drug-likeness (QED) is 0.520. The van der Waals surface area contributed by atoms with Crippen LogP contribution in [0.5, 0.6) is 0 Å². The van der Waals surface area contributed by atoms with Gasteiger partial charge in [-0.15, -0.1) is 0 Å². The predicted molar refractivity (Wildman–Crippen MR) is 72.5 cm³/mol. The van der Waals surface area contributed by atoms with Crippen molar-refractivity contribution in [1.82, 2.24) is 9.97 Å². The van der Waals surface area contributed by atoms with E-state index in [1.54, 1.807) is 6.07 Å². The number of carbonyl (C=O) groups excluding carboxylic acids is 1. The molecule has 2 aromatic rings. The maximum atomic E-state index is 11.8. The van der Waals surface area contributed by atoms with Crippen LogP contribution in [0.25, 0.3) is 0 Å². The average Bonchev–Trinajstić information content (AvgIpc) is 2.74. The number of benzene rings is 1. The van der Waals surface area contributed by atoms with Gasteiger partial charge in [-0.2, -0.15) is 8.42 Å². The van der Waals surface area contributed by atoms with Crippen LogP contribution < -0.4 is 20.9 Å². The van der Waals surface area contributed by atoms with Gasteiger partial charge < -0.3 is 15.3 Å². The fourth-order valence-corrected chi connectivity index (χ4v) is 1.93. The van der Waals surface area contributed by atoms with E-state index >= 15 is 0 Å². The monoisotopic (exact) mass is 297 g/mol. The van der Waals surface area contributed by atoms with E-state index in [0.717, 1.165) is 0 Å². The first kappa shape index (κ1) is 13.8. The van der Waals surface area contributed by atoms with E-state index in [-0.39, 0.29) is 11.4 Å². The third-order valence-electron chi connectivity index (χ3n) is 2.22. The minimum Gasteiger partial charge on any atom is -0.321 e. The summed E-state index contributed by atoms with van der Waals surface area (Å²) in [7, 11) is -3.89. The zero-order valence-electron chi connectivity index (χ0n) is 10.0. The summed E-state index contributed by atoms with van der Waals surface area (Å²) < 4.78 is 23.9. The first-order valence-electron chi connectivity index (χ1n) is 5.33. The number of rotatable bonds is 4. The highest BCUT2D eigenvalue weighted by Gasteiger charge is 2.09. The Morgan fingerprint density at radius 1 is 1.25 bits per heavy atom. The predicted octanol–water partition coefficient (Wildman–Crippen LogP) is -0.429. The van der Waals surface area contributed by atoms with E-state index in [2.05, 4.69) is 20.0 Å². The molecule has 1 heterocycles. The second-order valence-electron chi connectivity index (χ2n) is 3.84. The molecule has 106 valence electrons. The van der Waals surface area contributed by atoms with E-state index in [4.69, 9.17) is 5.14 Å². The summed E-state index contributed by atoms with van der Waals surface area (Å²) in [6, 6.07) is 5.94. The molecule has 6 N–H and O–H groups in total. The zero-order chi connectivity index (χ0) is 14.8. The van der Waals surface area contributed by atoms with E-state index in [9.17, 15) is 18.0 Å². The fraction of sp³-hybridized carbons (Fsp3) is 0. The third kappa shape index (κ3) is 3.70. The smallest absolute Gasteiger partial charge is 0.321 e. The molecule has 2 rings (SSSR count). The third-order valence-corrected chi connectivity index (χ3v) is 2.74. The van der Waals surface area contributed by atoms with Gasteiger partial charge in [0.1, 0.15) is 5.69 Å². The highest BCUT2D eigenvalue weighted by Crippen LogP contribution is 2.16. The molecule has 9 nitrogen and oxygen atoms in total. The van der Waals surface area contributed by atoms with Crippen LogP contribution in [0.4, 0.5) is 11.4 Å². The molecule has 0 atom stereocenters.